The van der Waals surface area contributed by atoms with E-state index in [1.807, 2.05) is 60.7 Å². The zero-order valence-corrected chi connectivity index (χ0v) is 19.0. The van der Waals surface area contributed by atoms with Gasteiger partial charge in [0.15, 0.2) is 12.1 Å². The summed E-state index contributed by atoms with van der Waals surface area (Å²) in [5.74, 6) is -2.10. The Kier molecular flexibility index (Phi) is 6.99. The molecule has 9 nitrogen and oxygen atoms in total. The average Bonchev–Trinajstić information content (AvgIpc) is 2.85. The fourth-order valence-corrected chi connectivity index (χ4v) is 5.66. The number of ether oxygens (including phenoxy) is 2. The third-order valence-corrected chi connectivity index (χ3v) is 7.18. The lowest BCUT2D eigenvalue weighted by Gasteiger charge is -2.48. The Morgan fingerprint density at radius 3 is 2.26 bits per heavy atom. The monoisotopic (exact) mass is 482 g/mol. The van der Waals surface area contributed by atoms with Gasteiger partial charge in [0.25, 0.3) is 5.91 Å². The number of hydrogen-bond acceptors (Lipinski definition) is 7. The number of amides is 2. The molecular weight excluding hydrogens is 460 g/mol. The van der Waals surface area contributed by atoms with Gasteiger partial charge in [0.2, 0.25) is 11.8 Å². The van der Waals surface area contributed by atoms with Crippen molar-refractivity contribution >= 4 is 35.4 Å². The number of hydrogen-bond donors (Lipinski definition) is 1. The molecule has 2 heterocycles. The minimum absolute atomic E-state index is 0.107. The fraction of sp³-hybridized carbons (Fsp3) is 0.250. The highest BCUT2D eigenvalue weighted by molar-refractivity contribution is 7.92. The summed E-state index contributed by atoms with van der Waals surface area (Å²) in [4.78, 5) is 49.7. The highest BCUT2D eigenvalue weighted by atomic mass is 32.2. The number of carbonyl (C=O) groups is 4. The quantitative estimate of drug-likeness (QED) is 0.259. The van der Waals surface area contributed by atoms with Crippen LogP contribution < -0.4 is 5.32 Å². The molecule has 4 rings (SSSR count). The van der Waals surface area contributed by atoms with Gasteiger partial charge >= 0.3 is 11.9 Å². The Morgan fingerprint density at radius 2 is 1.74 bits per heavy atom. The lowest BCUT2D eigenvalue weighted by atomic mass is 10.0. The van der Waals surface area contributed by atoms with Crippen molar-refractivity contribution in [2.45, 2.75) is 24.4 Å². The molecule has 1 N–H and O–H groups in total. The molecule has 1 fully saturated rings. The van der Waals surface area contributed by atoms with Gasteiger partial charge in [-0.15, -0.1) is 0 Å². The number of esters is 2. The molecule has 0 saturated carbocycles. The van der Waals surface area contributed by atoms with E-state index in [2.05, 4.69) is 5.32 Å². The van der Waals surface area contributed by atoms with Gasteiger partial charge in [-0.25, -0.2) is 4.79 Å². The predicted octanol–water partition coefficient (Wildman–Crippen LogP) is 1.18. The average molecular weight is 483 g/mol. The van der Waals surface area contributed by atoms with Crippen LogP contribution in [0.25, 0.3) is 0 Å². The van der Waals surface area contributed by atoms with Crippen LogP contribution in [0.15, 0.2) is 71.9 Å². The van der Waals surface area contributed by atoms with Gasteiger partial charge in [0.1, 0.15) is 18.1 Å². The van der Waals surface area contributed by atoms with E-state index in [9.17, 15) is 23.7 Å². The van der Waals surface area contributed by atoms with Crippen molar-refractivity contribution in [3.8, 4) is 0 Å². The second-order valence-electron chi connectivity index (χ2n) is 7.73. The summed E-state index contributed by atoms with van der Waals surface area (Å²) in [6, 6.07) is 17.2. The summed E-state index contributed by atoms with van der Waals surface area (Å²) >= 11 is -1.62. The van der Waals surface area contributed by atoms with Crippen LogP contribution in [-0.2, 0) is 39.8 Å². The summed E-state index contributed by atoms with van der Waals surface area (Å²) in [7, 11) is 0. The van der Waals surface area contributed by atoms with E-state index in [-0.39, 0.29) is 23.6 Å². The molecule has 0 radical (unpaired) electrons. The molecule has 10 heteroatoms. The van der Waals surface area contributed by atoms with Crippen LogP contribution in [0.5, 0.6) is 0 Å². The molecule has 1 unspecified atom stereocenters. The molecule has 0 aromatic heterocycles. The van der Waals surface area contributed by atoms with Crippen LogP contribution in [0.4, 0.5) is 0 Å². The molecule has 1 saturated heterocycles. The second kappa shape index (κ2) is 10.1. The Hall–Kier alpha value is -3.63. The third kappa shape index (κ3) is 4.55. The first-order chi connectivity index (χ1) is 16.4. The third-order valence-electron chi connectivity index (χ3n) is 5.52. The van der Waals surface area contributed by atoms with Crippen molar-refractivity contribution in [2.24, 2.45) is 0 Å². The largest absolute Gasteiger partial charge is 0.614 e. The van der Waals surface area contributed by atoms with Crippen LogP contribution in [0.1, 0.15) is 24.2 Å². The molecule has 0 bridgehead atoms. The van der Waals surface area contributed by atoms with Crippen LogP contribution in [0.2, 0.25) is 0 Å². The summed E-state index contributed by atoms with van der Waals surface area (Å²) < 4.78 is 23.8. The first-order valence-electron chi connectivity index (χ1n) is 10.5. The van der Waals surface area contributed by atoms with E-state index in [4.69, 9.17) is 9.47 Å². The van der Waals surface area contributed by atoms with E-state index in [1.54, 1.807) is 0 Å². The highest BCUT2D eigenvalue weighted by Crippen LogP contribution is 2.38. The normalized spacial score (nSPS) is 21.4. The van der Waals surface area contributed by atoms with E-state index in [1.165, 1.54) is 6.92 Å². The predicted molar refractivity (Wildman–Crippen MR) is 121 cm³/mol. The summed E-state index contributed by atoms with van der Waals surface area (Å²) in [6.45, 7) is 0.899. The van der Waals surface area contributed by atoms with Gasteiger partial charge in [0.05, 0.1) is 0 Å². The standard InChI is InChI=1S/C24H22N2O7S/c1-15(28)32-12-18-13-34(31)23-19(25-14-27)22(29)26(23)20(18)24(30)33-21(16-8-4-2-5-9-16)17-10-6-3-7-11-17/h2-11,14,19,21,23H,12-13H2,1H3,(H,25,27)/t19-,23+,34?/m1/s1. The molecule has 0 spiro atoms. The van der Waals surface area contributed by atoms with Gasteiger partial charge in [0, 0.05) is 12.5 Å². The molecular formula is C24H22N2O7S. The van der Waals surface area contributed by atoms with Crippen LogP contribution >= 0.6 is 0 Å². The van der Waals surface area contributed by atoms with Crippen molar-refractivity contribution in [3.05, 3.63) is 83.1 Å². The molecule has 2 aromatic rings. The summed E-state index contributed by atoms with van der Waals surface area (Å²) in [5, 5.41) is 1.44. The Morgan fingerprint density at radius 1 is 1.15 bits per heavy atom. The number of nitrogens with one attached hydrogen (secondary N) is 1. The van der Waals surface area contributed by atoms with Gasteiger partial charge in [-0.1, -0.05) is 60.7 Å². The maximum Gasteiger partial charge on any atom is 0.356 e. The molecule has 2 aliphatic rings. The van der Waals surface area contributed by atoms with E-state index in [0.717, 1.165) is 16.0 Å². The van der Waals surface area contributed by atoms with E-state index in [0.29, 0.717) is 6.41 Å². The molecule has 3 atom stereocenters. The van der Waals surface area contributed by atoms with Crippen molar-refractivity contribution < 1.29 is 33.2 Å². The summed E-state index contributed by atoms with van der Waals surface area (Å²) in [6.07, 6.45) is -0.419. The minimum Gasteiger partial charge on any atom is -0.614 e. The number of fused-ring (bicyclic) bond motifs is 1. The van der Waals surface area contributed by atoms with Gasteiger partial charge in [-0.05, 0) is 22.3 Å². The molecule has 2 aliphatic heterocycles. The molecule has 0 aliphatic carbocycles. The van der Waals surface area contributed by atoms with Crippen LogP contribution in [0.3, 0.4) is 0 Å². The zero-order chi connectivity index (χ0) is 24.2. The Labute approximate surface area is 198 Å². The van der Waals surface area contributed by atoms with Crippen molar-refractivity contribution in [2.75, 3.05) is 12.4 Å². The highest BCUT2D eigenvalue weighted by Gasteiger charge is 2.60. The molecule has 2 amide bonds. The summed E-state index contributed by atoms with van der Waals surface area (Å²) in [5.41, 5.74) is 1.54. The fourth-order valence-electron chi connectivity index (χ4n) is 3.98. The van der Waals surface area contributed by atoms with Gasteiger partial charge in [-0.2, -0.15) is 0 Å². The smallest absolute Gasteiger partial charge is 0.356 e. The first-order valence-corrected chi connectivity index (χ1v) is 11.9. The number of carbonyl (C=O) groups excluding carboxylic acids is 4. The molecule has 176 valence electrons. The van der Waals surface area contributed by atoms with Crippen molar-refractivity contribution in [1.82, 2.24) is 10.2 Å². The minimum atomic E-state index is -1.62. The second-order valence-corrected chi connectivity index (χ2v) is 9.26. The van der Waals surface area contributed by atoms with E-state index < -0.39 is 46.5 Å². The number of rotatable bonds is 8. The van der Waals surface area contributed by atoms with Gasteiger partial charge < -0.3 is 19.3 Å². The van der Waals surface area contributed by atoms with Crippen molar-refractivity contribution in [3.63, 3.8) is 0 Å². The maximum atomic E-state index is 13.5. The van der Waals surface area contributed by atoms with Crippen LogP contribution in [-0.4, -0.2) is 57.5 Å². The SMILES string of the molecule is CC(=O)OCC1=C(C(=O)OC(c2ccccc2)c2ccccc2)N2C(=O)[C@@H](NC=O)[C@@H]2[S+]([O-])C1. The number of nitrogens with zero attached hydrogens (tertiary/aromatic N) is 1. The zero-order valence-electron chi connectivity index (χ0n) is 18.2. The number of β-lactam (4-membered cyclic amide) rings is 1. The van der Waals surface area contributed by atoms with E-state index >= 15 is 0 Å². The number of benzene rings is 2. The van der Waals surface area contributed by atoms with Crippen LogP contribution in [0, 0.1) is 0 Å². The first kappa shape index (κ1) is 23.5. The Balaban J connectivity index is 1.71. The lowest BCUT2D eigenvalue weighted by molar-refractivity contribution is -0.154. The topological polar surface area (TPSA) is 125 Å². The van der Waals surface area contributed by atoms with Crippen molar-refractivity contribution in [1.29, 1.82) is 0 Å². The van der Waals surface area contributed by atoms with Gasteiger partial charge in [-0.3, -0.25) is 19.3 Å². The Bertz CT molecular complexity index is 1080. The maximum absolute atomic E-state index is 13.5. The lowest BCUT2D eigenvalue weighted by Crippen LogP contribution is -2.74. The molecule has 34 heavy (non-hydrogen) atoms. The molecule has 2 aromatic carbocycles.